The Morgan fingerprint density at radius 1 is 1.45 bits per heavy atom. The maximum Gasteiger partial charge on any atom is 0.242 e. The van der Waals surface area contributed by atoms with Gasteiger partial charge < -0.3 is 15.0 Å². The number of hydrogen-bond acceptors (Lipinski definition) is 3. The zero-order valence-electron chi connectivity index (χ0n) is 11.1. The van der Waals surface area contributed by atoms with Crippen LogP contribution in [0.15, 0.2) is 16.6 Å². The van der Waals surface area contributed by atoms with E-state index >= 15 is 0 Å². The quantitative estimate of drug-likeness (QED) is 0.882. The van der Waals surface area contributed by atoms with Gasteiger partial charge in [-0.15, -0.1) is 0 Å². The molecule has 0 spiro atoms. The number of ether oxygens (including phenoxy) is 1. The molecule has 5 nitrogen and oxygen atoms in total. The number of piperazine rings is 1. The minimum Gasteiger partial charge on any atom is -0.493 e. The van der Waals surface area contributed by atoms with E-state index in [-0.39, 0.29) is 18.4 Å². The van der Waals surface area contributed by atoms with E-state index in [1.165, 1.54) is 0 Å². The second-order valence-corrected chi connectivity index (χ2v) is 5.98. The zero-order chi connectivity index (χ0) is 14.3. The van der Waals surface area contributed by atoms with Gasteiger partial charge in [0.25, 0.3) is 0 Å². The van der Waals surface area contributed by atoms with Gasteiger partial charge in [0, 0.05) is 16.5 Å². The van der Waals surface area contributed by atoms with E-state index < -0.39 is 6.04 Å². The lowest BCUT2D eigenvalue weighted by Gasteiger charge is -2.33. The highest BCUT2D eigenvalue weighted by atomic mass is 79.9. The highest BCUT2D eigenvalue weighted by Crippen LogP contribution is 2.34. The van der Waals surface area contributed by atoms with Gasteiger partial charge in [0.15, 0.2) is 0 Å². The van der Waals surface area contributed by atoms with Crippen LogP contribution in [0.2, 0.25) is 0 Å². The van der Waals surface area contributed by atoms with Crippen LogP contribution in [0.1, 0.15) is 18.1 Å². The maximum absolute atomic E-state index is 12.0. The van der Waals surface area contributed by atoms with Crippen LogP contribution in [0, 0.1) is 0 Å². The number of amides is 2. The Kier molecular flexibility index (Phi) is 3.41. The van der Waals surface area contributed by atoms with Crippen molar-refractivity contribution in [3.05, 3.63) is 27.7 Å². The van der Waals surface area contributed by atoms with Crippen LogP contribution in [0.4, 0.5) is 0 Å². The van der Waals surface area contributed by atoms with Crippen LogP contribution in [0.25, 0.3) is 0 Å². The van der Waals surface area contributed by atoms with Crippen molar-refractivity contribution in [3.63, 3.8) is 0 Å². The number of carbonyl (C=O) groups is 2. The van der Waals surface area contributed by atoms with E-state index in [0.29, 0.717) is 13.2 Å². The summed E-state index contributed by atoms with van der Waals surface area (Å²) >= 11 is 3.48. The van der Waals surface area contributed by atoms with Gasteiger partial charge in [-0.2, -0.15) is 0 Å². The Labute approximate surface area is 125 Å². The number of carbonyl (C=O) groups excluding carboxylic acids is 2. The SMILES string of the molecule is CC1C(=O)NCC(=O)N1Cc1cc(Br)cc2c1OCC2. The van der Waals surface area contributed by atoms with Crippen LogP contribution in [-0.2, 0) is 22.6 Å². The van der Waals surface area contributed by atoms with Gasteiger partial charge >= 0.3 is 0 Å². The topological polar surface area (TPSA) is 58.6 Å². The lowest BCUT2D eigenvalue weighted by atomic mass is 10.1. The number of halogens is 1. The molecule has 2 aliphatic rings. The van der Waals surface area contributed by atoms with E-state index in [1.807, 2.05) is 12.1 Å². The molecule has 2 heterocycles. The Bertz CT molecular complexity index is 588. The predicted molar refractivity (Wildman–Crippen MR) is 76.4 cm³/mol. The second kappa shape index (κ2) is 5.09. The Morgan fingerprint density at radius 2 is 2.25 bits per heavy atom. The molecule has 6 heteroatoms. The highest BCUT2D eigenvalue weighted by Gasteiger charge is 2.32. The average Bonchev–Trinajstić information content (AvgIpc) is 2.87. The summed E-state index contributed by atoms with van der Waals surface area (Å²) in [6.07, 6.45) is 0.881. The number of hydrogen-bond donors (Lipinski definition) is 1. The van der Waals surface area contributed by atoms with Crippen LogP contribution >= 0.6 is 15.9 Å². The Hall–Kier alpha value is -1.56. The molecule has 3 rings (SSSR count). The summed E-state index contributed by atoms with van der Waals surface area (Å²) in [6.45, 7) is 2.88. The monoisotopic (exact) mass is 338 g/mol. The molecule has 0 saturated carbocycles. The smallest absolute Gasteiger partial charge is 0.242 e. The van der Waals surface area contributed by atoms with Crippen molar-refractivity contribution in [1.29, 1.82) is 0 Å². The van der Waals surface area contributed by atoms with Crippen LogP contribution in [0.5, 0.6) is 5.75 Å². The predicted octanol–water partition coefficient (Wildman–Crippen LogP) is 1.23. The lowest BCUT2D eigenvalue weighted by Crippen LogP contribution is -2.56. The fourth-order valence-electron chi connectivity index (χ4n) is 2.64. The first-order chi connectivity index (χ1) is 9.56. The summed E-state index contributed by atoms with van der Waals surface area (Å²) in [5.41, 5.74) is 2.10. The third-order valence-electron chi connectivity index (χ3n) is 3.75. The second-order valence-electron chi connectivity index (χ2n) is 5.07. The van der Waals surface area contributed by atoms with Crippen molar-refractivity contribution in [3.8, 4) is 5.75 Å². The Balaban J connectivity index is 1.91. The number of rotatable bonds is 2. The normalized spacial score (nSPS) is 21.5. The van der Waals surface area contributed by atoms with E-state index in [1.54, 1.807) is 11.8 Å². The average molecular weight is 339 g/mol. The molecule has 2 aliphatic heterocycles. The molecule has 0 aliphatic carbocycles. The lowest BCUT2D eigenvalue weighted by molar-refractivity contribution is -0.145. The Morgan fingerprint density at radius 3 is 3.05 bits per heavy atom. The molecule has 0 aromatic heterocycles. The highest BCUT2D eigenvalue weighted by molar-refractivity contribution is 9.10. The fraction of sp³-hybridized carbons (Fsp3) is 0.429. The first-order valence-electron chi connectivity index (χ1n) is 6.57. The van der Waals surface area contributed by atoms with Crippen LogP contribution in [0.3, 0.4) is 0 Å². The van der Waals surface area contributed by atoms with Gasteiger partial charge in [-0.3, -0.25) is 9.59 Å². The number of fused-ring (bicyclic) bond motifs is 1. The maximum atomic E-state index is 12.0. The number of benzene rings is 1. The molecule has 0 radical (unpaired) electrons. The molecule has 1 aromatic carbocycles. The van der Waals surface area contributed by atoms with Crippen molar-refractivity contribution in [2.75, 3.05) is 13.2 Å². The van der Waals surface area contributed by atoms with Gasteiger partial charge in [0.05, 0.1) is 19.7 Å². The van der Waals surface area contributed by atoms with E-state index in [0.717, 1.165) is 27.8 Å². The summed E-state index contributed by atoms with van der Waals surface area (Å²) in [5.74, 6) is 0.681. The summed E-state index contributed by atoms with van der Waals surface area (Å²) in [6, 6.07) is 3.55. The number of nitrogens with one attached hydrogen (secondary N) is 1. The van der Waals surface area contributed by atoms with Gasteiger partial charge in [-0.05, 0) is 24.6 Å². The van der Waals surface area contributed by atoms with Gasteiger partial charge in [0.2, 0.25) is 11.8 Å². The van der Waals surface area contributed by atoms with Crippen molar-refractivity contribution in [1.82, 2.24) is 10.2 Å². The van der Waals surface area contributed by atoms with Gasteiger partial charge in [-0.1, -0.05) is 15.9 Å². The summed E-state index contributed by atoms with van der Waals surface area (Å²) in [4.78, 5) is 25.3. The van der Waals surface area contributed by atoms with E-state index in [9.17, 15) is 9.59 Å². The molecule has 1 unspecified atom stereocenters. The van der Waals surface area contributed by atoms with Crippen molar-refractivity contribution >= 4 is 27.7 Å². The van der Waals surface area contributed by atoms with Gasteiger partial charge in [0.1, 0.15) is 11.8 Å². The van der Waals surface area contributed by atoms with Crippen molar-refractivity contribution in [2.24, 2.45) is 0 Å². The zero-order valence-corrected chi connectivity index (χ0v) is 12.7. The molecule has 0 bridgehead atoms. The molecule has 1 N–H and O–H groups in total. The van der Waals surface area contributed by atoms with Crippen molar-refractivity contribution in [2.45, 2.75) is 25.9 Å². The molecular formula is C14H15BrN2O3. The first kappa shape index (κ1) is 13.4. The van der Waals surface area contributed by atoms with Crippen molar-refractivity contribution < 1.29 is 14.3 Å². The third-order valence-corrected chi connectivity index (χ3v) is 4.21. The summed E-state index contributed by atoms with van der Waals surface area (Å²) in [5, 5.41) is 2.59. The third kappa shape index (κ3) is 2.28. The van der Waals surface area contributed by atoms with E-state index in [4.69, 9.17) is 4.74 Å². The molecule has 1 aromatic rings. The molecule has 20 heavy (non-hydrogen) atoms. The minimum absolute atomic E-state index is 0.0659. The minimum atomic E-state index is -0.452. The summed E-state index contributed by atoms with van der Waals surface area (Å²) in [7, 11) is 0. The number of nitrogens with zero attached hydrogens (tertiary/aromatic N) is 1. The first-order valence-corrected chi connectivity index (χ1v) is 7.37. The van der Waals surface area contributed by atoms with E-state index in [2.05, 4.69) is 21.2 Å². The van der Waals surface area contributed by atoms with Crippen LogP contribution in [-0.4, -0.2) is 35.9 Å². The molecule has 1 fully saturated rings. The molecule has 2 amide bonds. The molecule has 106 valence electrons. The largest absolute Gasteiger partial charge is 0.493 e. The fourth-order valence-corrected chi connectivity index (χ4v) is 3.19. The molecule has 1 saturated heterocycles. The molecule has 1 atom stereocenters. The van der Waals surface area contributed by atoms with Crippen LogP contribution < -0.4 is 10.1 Å². The standard InChI is InChI=1S/C14H15BrN2O3/c1-8-14(19)16-6-12(18)17(8)7-10-5-11(15)4-9-2-3-20-13(9)10/h4-5,8H,2-3,6-7H2,1H3,(H,16,19). The summed E-state index contributed by atoms with van der Waals surface area (Å²) < 4.78 is 6.63. The molecular weight excluding hydrogens is 324 g/mol. The van der Waals surface area contributed by atoms with Gasteiger partial charge in [-0.25, -0.2) is 0 Å².